The van der Waals surface area contributed by atoms with Crippen LogP contribution in [0.4, 0.5) is 0 Å². The molecule has 0 aromatic heterocycles. The van der Waals surface area contributed by atoms with Crippen LogP contribution < -0.4 is 5.73 Å². The number of carbonyl (C=O) groups is 1. The predicted octanol–water partition coefficient (Wildman–Crippen LogP) is 3.07. The molecule has 0 bridgehead atoms. The van der Waals surface area contributed by atoms with Gasteiger partial charge in [-0.05, 0) is 32.1 Å². The standard InChI is InChI=1S/C14H14Cl2N2O2/c1-3-20-13(19)14(12(17)6-8(2)18-14)10-5-4-9(15)7-11(10)16/h4-7H,3,17H2,1-2H3. The van der Waals surface area contributed by atoms with Crippen molar-refractivity contribution in [2.24, 2.45) is 10.7 Å². The molecule has 1 unspecified atom stereocenters. The summed E-state index contributed by atoms with van der Waals surface area (Å²) in [7, 11) is 0. The molecule has 0 spiro atoms. The zero-order valence-corrected chi connectivity index (χ0v) is 12.6. The number of carbonyl (C=O) groups excluding carboxylic acids is 1. The van der Waals surface area contributed by atoms with Crippen molar-refractivity contribution in [1.82, 2.24) is 0 Å². The molecular weight excluding hydrogens is 299 g/mol. The number of ether oxygens (including phenoxy) is 1. The van der Waals surface area contributed by atoms with Crippen LogP contribution >= 0.6 is 23.2 Å². The van der Waals surface area contributed by atoms with E-state index in [0.29, 0.717) is 21.3 Å². The van der Waals surface area contributed by atoms with E-state index in [-0.39, 0.29) is 12.3 Å². The van der Waals surface area contributed by atoms with Crippen molar-refractivity contribution in [3.05, 3.63) is 45.6 Å². The largest absolute Gasteiger partial charge is 0.464 e. The zero-order valence-electron chi connectivity index (χ0n) is 11.1. The van der Waals surface area contributed by atoms with Crippen molar-refractivity contribution < 1.29 is 9.53 Å². The Balaban J connectivity index is 2.65. The van der Waals surface area contributed by atoms with Crippen molar-refractivity contribution in [3.8, 4) is 0 Å². The molecule has 0 fully saturated rings. The number of nitrogens with zero attached hydrogens (tertiary/aromatic N) is 1. The first kappa shape index (κ1) is 14.9. The quantitative estimate of drug-likeness (QED) is 0.872. The summed E-state index contributed by atoms with van der Waals surface area (Å²) in [5.41, 5.74) is 6.01. The second-order valence-corrected chi connectivity index (χ2v) is 5.25. The zero-order chi connectivity index (χ0) is 14.9. The van der Waals surface area contributed by atoms with Crippen molar-refractivity contribution >= 4 is 34.9 Å². The molecule has 1 aromatic rings. The van der Waals surface area contributed by atoms with Gasteiger partial charge in [-0.1, -0.05) is 29.3 Å². The second-order valence-electron chi connectivity index (χ2n) is 4.41. The Morgan fingerprint density at radius 2 is 2.15 bits per heavy atom. The summed E-state index contributed by atoms with van der Waals surface area (Å²) in [6.45, 7) is 3.71. The SMILES string of the molecule is CCOC(=O)C1(c2ccc(Cl)cc2Cl)N=C(C)C=C1N. The van der Waals surface area contributed by atoms with Crippen LogP contribution in [0.3, 0.4) is 0 Å². The maximum absolute atomic E-state index is 12.4. The maximum Gasteiger partial charge on any atom is 0.344 e. The predicted molar refractivity (Wildman–Crippen MR) is 80.2 cm³/mol. The fraction of sp³-hybridized carbons (Fsp3) is 0.286. The van der Waals surface area contributed by atoms with Gasteiger partial charge >= 0.3 is 5.97 Å². The van der Waals surface area contributed by atoms with Crippen LogP contribution in [0.5, 0.6) is 0 Å². The highest BCUT2D eigenvalue weighted by atomic mass is 35.5. The maximum atomic E-state index is 12.4. The third-order valence-electron chi connectivity index (χ3n) is 3.02. The molecule has 0 saturated heterocycles. The molecular formula is C14H14Cl2N2O2. The minimum absolute atomic E-state index is 0.230. The number of allylic oxidation sites excluding steroid dienone is 1. The molecule has 4 nitrogen and oxygen atoms in total. The summed E-state index contributed by atoms with van der Waals surface area (Å²) in [4.78, 5) is 16.8. The summed E-state index contributed by atoms with van der Waals surface area (Å²) in [6, 6.07) is 4.83. The Bertz CT molecular complexity index is 626. The Kier molecular flexibility index (Phi) is 4.06. The molecule has 106 valence electrons. The molecule has 1 atom stereocenters. The monoisotopic (exact) mass is 312 g/mol. The average molecular weight is 313 g/mol. The van der Waals surface area contributed by atoms with Gasteiger partial charge in [-0.2, -0.15) is 0 Å². The summed E-state index contributed by atoms with van der Waals surface area (Å²) in [5, 5.41) is 0.791. The molecule has 0 aliphatic carbocycles. The van der Waals surface area contributed by atoms with E-state index in [4.69, 9.17) is 33.7 Å². The number of benzene rings is 1. The van der Waals surface area contributed by atoms with E-state index >= 15 is 0 Å². The minimum atomic E-state index is -1.41. The number of hydrogen-bond donors (Lipinski definition) is 1. The first-order valence-corrected chi connectivity index (χ1v) is 6.84. The van der Waals surface area contributed by atoms with Crippen LogP contribution in [-0.4, -0.2) is 18.3 Å². The van der Waals surface area contributed by atoms with Crippen LogP contribution in [0.15, 0.2) is 35.0 Å². The van der Waals surface area contributed by atoms with E-state index < -0.39 is 11.5 Å². The normalized spacial score (nSPS) is 21.4. The molecule has 2 rings (SSSR count). The molecule has 0 radical (unpaired) electrons. The highest BCUT2D eigenvalue weighted by Crippen LogP contribution is 2.41. The first-order chi connectivity index (χ1) is 9.41. The lowest BCUT2D eigenvalue weighted by Gasteiger charge is -2.26. The van der Waals surface area contributed by atoms with E-state index in [1.807, 2.05) is 0 Å². The summed E-state index contributed by atoms with van der Waals surface area (Å²) in [5.74, 6) is -0.546. The fourth-order valence-corrected chi connectivity index (χ4v) is 2.74. The Labute approximate surface area is 127 Å². The molecule has 2 N–H and O–H groups in total. The van der Waals surface area contributed by atoms with E-state index in [1.165, 1.54) is 0 Å². The molecule has 1 heterocycles. The summed E-state index contributed by atoms with van der Waals surface area (Å²) in [6.07, 6.45) is 1.64. The topological polar surface area (TPSA) is 64.7 Å². The number of halogens is 2. The number of aliphatic imine (C=N–C) groups is 1. The van der Waals surface area contributed by atoms with Crippen LogP contribution in [0.25, 0.3) is 0 Å². The molecule has 20 heavy (non-hydrogen) atoms. The third kappa shape index (κ3) is 2.30. The van der Waals surface area contributed by atoms with Crippen LogP contribution in [0.2, 0.25) is 10.0 Å². The smallest absolute Gasteiger partial charge is 0.344 e. The third-order valence-corrected chi connectivity index (χ3v) is 3.57. The number of rotatable bonds is 3. The van der Waals surface area contributed by atoms with Crippen molar-refractivity contribution in [2.45, 2.75) is 19.4 Å². The van der Waals surface area contributed by atoms with Crippen LogP contribution in [-0.2, 0) is 15.1 Å². The van der Waals surface area contributed by atoms with Gasteiger partial charge < -0.3 is 10.5 Å². The highest BCUT2D eigenvalue weighted by molar-refractivity contribution is 6.35. The van der Waals surface area contributed by atoms with Gasteiger partial charge in [-0.25, -0.2) is 4.79 Å². The van der Waals surface area contributed by atoms with Gasteiger partial charge in [0.15, 0.2) is 0 Å². The van der Waals surface area contributed by atoms with Gasteiger partial charge in [0.05, 0.1) is 12.3 Å². The van der Waals surface area contributed by atoms with E-state index in [0.717, 1.165) is 0 Å². The Morgan fingerprint density at radius 3 is 2.65 bits per heavy atom. The molecule has 1 aliphatic heterocycles. The van der Waals surface area contributed by atoms with Gasteiger partial charge in [-0.3, -0.25) is 4.99 Å². The van der Waals surface area contributed by atoms with Crippen molar-refractivity contribution in [3.63, 3.8) is 0 Å². The van der Waals surface area contributed by atoms with Gasteiger partial charge in [0.2, 0.25) is 5.54 Å². The Morgan fingerprint density at radius 1 is 1.45 bits per heavy atom. The number of esters is 1. The lowest BCUT2D eigenvalue weighted by Crippen LogP contribution is -2.39. The molecule has 1 aromatic carbocycles. The van der Waals surface area contributed by atoms with Gasteiger partial charge in [0.25, 0.3) is 0 Å². The van der Waals surface area contributed by atoms with Crippen LogP contribution in [0.1, 0.15) is 19.4 Å². The van der Waals surface area contributed by atoms with Gasteiger partial charge in [0.1, 0.15) is 0 Å². The minimum Gasteiger partial charge on any atom is -0.464 e. The number of hydrogen-bond acceptors (Lipinski definition) is 4. The van der Waals surface area contributed by atoms with Crippen molar-refractivity contribution in [2.75, 3.05) is 6.61 Å². The molecule has 0 amide bonds. The van der Waals surface area contributed by atoms with E-state index in [9.17, 15) is 4.79 Å². The lowest BCUT2D eigenvalue weighted by molar-refractivity contribution is -0.148. The average Bonchev–Trinajstić information content (AvgIpc) is 2.65. The van der Waals surface area contributed by atoms with Crippen LogP contribution in [0, 0.1) is 0 Å². The molecule has 1 aliphatic rings. The molecule has 0 saturated carbocycles. The fourth-order valence-electron chi connectivity index (χ4n) is 2.20. The lowest BCUT2D eigenvalue weighted by atomic mass is 9.88. The van der Waals surface area contributed by atoms with Gasteiger partial charge in [-0.15, -0.1) is 0 Å². The highest BCUT2D eigenvalue weighted by Gasteiger charge is 2.48. The first-order valence-electron chi connectivity index (χ1n) is 6.08. The van der Waals surface area contributed by atoms with E-state index in [2.05, 4.69) is 4.99 Å². The van der Waals surface area contributed by atoms with E-state index in [1.54, 1.807) is 38.1 Å². The van der Waals surface area contributed by atoms with Gasteiger partial charge in [0, 0.05) is 21.3 Å². The summed E-state index contributed by atoms with van der Waals surface area (Å²) >= 11 is 12.1. The summed E-state index contributed by atoms with van der Waals surface area (Å²) < 4.78 is 5.13. The Hall–Kier alpha value is -1.52. The number of nitrogens with two attached hydrogens (primary N) is 1. The molecule has 6 heteroatoms. The van der Waals surface area contributed by atoms with Crippen molar-refractivity contribution in [1.29, 1.82) is 0 Å². The second kappa shape index (κ2) is 5.46.